The van der Waals surface area contributed by atoms with Crippen molar-refractivity contribution >= 4 is 21.6 Å². The average Bonchev–Trinajstić information content (AvgIpc) is 2.96. The van der Waals surface area contributed by atoms with Crippen LogP contribution in [0.15, 0.2) is 34.8 Å². The highest BCUT2D eigenvalue weighted by molar-refractivity contribution is 9.10. The largest absolute Gasteiger partial charge is 0.382 e. The molecule has 2 heteroatoms. The molecule has 1 fully saturated rings. The molecule has 0 saturated heterocycles. The third kappa shape index (κ3) is 2.23. The molecular formula is C16H20BrN. The number of rotatable bonds is 3. The van der Waals surface area contributed by atoms with Gasteiger partial charge < -0.3 is 5.32 Å². The van der Waals surface area contributed by atoms with Gasteiger partial charge in [-0.3, -0.25) is 0 Å². The molecule has 96 valence electrons. The molecule has 3 rings (SSSR count). The Balaban J connectivity index is 1.69. The Kier molecular flexibility index (Phi) is 3.23. The van der Waals surface area contributed by atoms with Crippen LogP contribution in [0.2, 0.25) is 0 Å². The molecule has 18 heavy (non-hydrogen) atoms. The summed E-state index contributed by atoms with van der Waals surface area (Å²) in [5.74, 6) is 2.48. The van der Waals surface area contributed by atoms with E-state index in [2.05, 4.69) is 65.4 Å². The van der Waals surface area contributed by atoms with Crippen molar-refractivity contribution in [2.75, 3.05) is 5.32 Å². The molecule has 2 bridgehead atoms. The predicted octanol–water partition coefficient (Wildman–Crippen LogP) is 4.77. The fraction of sp³-hybridized carbons (Fsp3) is 0.500. The maximum atomic E-state index is 3.68. The fourth-order valence-electron chi connectivity index (χ4n) is 3.50. The molecule has 0 aromatic heterocycles. The van der Waals surface area contributed by atoms with Crippen LogP contribution >= 0.6 is 15.9 Å². The van der Waals surface area contributed by atoms with Gasteiger partial charge in [-0.05, 0) is 68.2 Å². The van der Waals surface area contributed by atoms with Crippen molar-refractivity contribution < 1.29 is 0 Å². The zero-order chi connectivity index (χ0) is 12.7. The van der Waals surface area contributed by atoms with Crippen LogP contribution in [0.1, 0.15) is 25.3 Å². The van der Waals surface area contributed by atoms with E-state index >= 15 is 0 Å². The van der Waals surface area contributed by atoms with E-state index in [1.807, 2.05) is 0 Å². The van der Waals surface area contributed by atoms with Crippen LogP contribution < -0.4 is 5.32 Å². The molecular weight excluding hydrogens is 286 g/mol. The van der Waals surface area contributed by atoms with Crippen molar-refractivity contribution in [1.29, 1.82) is 0 Å². The number of aryl methyl sites for hydroxylation is 1. The van der Waals surface area contributed by atoms with E-state index in [0.717, 1.165) is 17.8 Å². The number of hydrogen-bond acceptors (Lipinski definition) is 1. The molecule has 1 aromatic rings. The summed E-state index contributed by atoms with van der Waals surface area (Å²) in [6.07, 6.45) is 7.60. The van der Waals surface area contributed by atoms with Gasteiger partial charge >= 0.3 is 0 Å². The van der Waals surface area contributed by atoms with Crippen molar-refractivity contribution in [1.82, 2.24) is 0 Å². The first-order valence-electron chi connectivity index (χ1n) is 6.84. The summed E-state index contributed by atoms with van der Waals surface area (Å²) in [5.41, 5.74) is 2.54. The quantitative estimate of drug-likeness (QED) is 0.793. The highest BCUT2D eigenvalue weighted by Gasteiger charge is 2.38. The Morgan fingerprint density at radius 2 is 2.11 bits per heavy atom. The third-order valence-electron chi connectivity index (χ3n) is 4.52. The number of halogens is 1. The third-order valence-corrected chi connectivity index (χ3v) is 5.41. The van der Waals surface area contributed by atoms with Gasteiger partial charge in [0.15, 0.2) is 0 Å². The first-order chi connectivity index (χ1) is 8.63. The zero-order valence-electron chi connectivity index (χ0n) is 11.0. The van der Waals surface area contributed by atoms with Crippen LogP contribution in [0.4, 0.5) is 5.69 Å². The highest BCUT2D eigenvalue weighted by Crippen LogP contribution is 2.45. The van der Waals surface area contributed by atoms with Crippen molar-refractivity contribution in [2.45, 2.75) is 32.7 Å². The van der Waals surface area contributed by atoms with Gasteiger partial charge in [-0.2, -0.15) is 0 Å². The predicted molar refractivity (Wildman–Crippen MR) is 80.8 cm³/mol. The van der Waals surface area contributed by atoms with Gasteiger partial charge in [0, 0.05) is 16.2 Å². The van der Waals surface area contributed by atoms with Crippen LogP contribution in [0, 0.1) is 24.7 Å². The van der Waals surface area contributed by atoms with Crippen molar-refractivity contribution in [3.05, 3.63) is 40.4 Å². The van der Waals surface area contributed by atoms with E-state index < -0.39 is 0 Å². The first kappa shape index (κ1) is 12.3. The molecule has 0 heterocycles. The molecule has 1 aromatic carbocycles. The summed E-state index contributed by atoms with van der Waals surface area (Å²) in [7, 11) is 0. The summed E-state index contributed by atoms with van der Waals surface area (Å²) >= 11 is 3.55. The van der Waals surface area contributed by atoms with Gasteiger partial charge in [-0.1, -0.05) is 28.1 Å². The summed E-state index contributed by atoms with van der Waals surface area (Å²) in [6, 6.07) is 7.08. The SMILES string of the molecule is Cc1cc(NC(C)C2CC3C=CC2C3)ccc1Br. The number of benzene rings is 1. The van der Waals surface area contributed by atoms with Gasteiger partial charge in [0.1, 0.15) is 0 Å². The first-order valence-corrected chi connectivity index (χ1v) is 7.64. The smallest absolute Gasteiger partial charge is 0.0345 e. The van der Waals surface area contributed by atoms with Crippen molar-refractivity contribution in [3.8, 4) is 0 Å². The highest BCUT2D eigenvalue weighted by atomic mass is 79.9. The lowest BCUT2D eigenvalue weighted by Gasteiger charge is -2.27. The Bertz CT molecular complexity index is 480. The van der Waals surface area contributed by atoms with Crippen LogP contribution in [0.25, 0.3) is 0 Å². The minimum absolute atomic E-state index is 0.561. The molecule has 1 N–H and O–H groups in total. The monoisotopic (exact) mass is 305 g/mol. The minimum Gasteiger partial charge on any atom is -0.382 e. The number of allylic oxidation sites excluding steroid dienone is 2. The minimum atomic E-state index is 0.561. The van der Waals surface area contributed by atoms with Gasteiger partial charge in [0.2, 0.25) is 0 Å². The van der Waals surface area contributed by atoms with Gasteiger partial charge in [-0.25, -0.2) is 0 Å². The molecule has 2 aliphatic carbocycles. The van der Waals surface area contributed by atoms with Gasteiger partial charge in [-0.15, -0.1) is 0 Å². The average molecular weight is 306 g/mol. The molecule has 1 saturated carbocycles. The summed E-state index contributed by atoms with van der Waals surface area (Å²) in [5, 5.41) is 3.68. The molecule has 2 aliphatic rings. The van der Waals surface area contributed by atoms with Crippen molar-refractivity contribution in [2.24, 2.45) is 17.8 Å². The molecule has 1 nitrogen and oxygen atoms in total. The summed E-state index contributed by atoms with van der Waals surface area (Å²) in [6.45, 7) is 4.47. The van der Waals surface area contributed by atoms with Crippen LogP contribution in [0.3, 0.4) is 0 Å². The summed E-state index contributed by atoms with van der Waals surface area (Å²) < 4.78 is 1.18. The molecule has 0 radical (unpaired) electrons. The second-order valence-corrected chi connectivity index (χ2v) is 6.70. The van der Waals surface area contributed by atoms with Crippen LogP contribution in [-0.4, -0.2) is 6.04 Å². The maximum Gasteiger partial charge on any atom is 0.0345 e. The summed E-state index contributed by atoms with van der Waals surface area (Å²) in [4.78, 5) is 0. The van der Waals surface area contributed by atoms with E-state index in [-0.39, 0.29) is 0 Å². The van der Waals surface area contributed by atoms with Crippen molar-refractivity contribution in [3.63, 3.8) is 0 Å². The van der Waals surface area contributed by atoms with Crippen LogP contribution in [0.5, 0.6) is 0 Å². The second kappa shape index (κ2) is 4.73. The van der Waals surface area contributed by atoms with Gasteiger partial charge in [0.25, 0.3) is 0 Å². The van der Waals surface area contributed by atoms with E-state index in [0.29, 0.717) is 6.04 Å². The lowest BCUT2D eigenvalue weighted by Crippen LogP contribution is -2.28. The van der Waals surface area contributed by atoms with Gasteiger partial charge in [0.05, 0.1) is 0 Å². The van der Waals surface area contributed by atoms with Crippen LogP contribution in [-0.2, 0) is 0 Å². The molecule has 4 unspecified atom stereocenters. The Labute approximate surface area is 118 Å². The number of fused-ring (bicyclic) bond motifs is 2. The Morgan fingerprint density at radius 1 is 1.28 bits per heavy atom. The normalized spacial score (nSPS) is 30.7. The second-order valence-electron chi connectivity index (χ2n) is 5.84. The van der Waals surface area contributed by atoms with E-state index in [4.69, 9.17) is 0 Å². The lowest BCUT2D eigenvalue weighted by molar-refractivity contribution is 0.400. The topological polar surface area (TPSA) is 12.0 Å². The Hall–Kier alpha value is -0.760. The van der Waals surface area contributed by atoms with E-state index in [1.54, 1.807) is 0 Å². The molecule has 0 aliphatic heterocycles. The fourth-order valence-corrected chi connectivity index (χ4v) is 3.75. The number of hydrogen-bond donors (Lipinski definition) is 1. The Morgan fingerprint density at radius 3 is 2.72 bits per heavy atom. The number of nitrogens with one attached hydrogen (secondary N) is 1. The molecule has 0 spiro atoms. The van der Waals surface area contributed by atoms with E-state index in [9.17, 15) is 0 Å². The molecule has 4 atom stereocenters. The molecule has 0 amide bonds. The number of anilines is 1. The van der Waals surface area contributed by atoms with E-state index in [1.165, 1.54) is 28.6 Å². The zero-order valence-corrected chi connectivity index (χ0v) is 12.6. The standard InChI is InChI=1S/C16H20BrN/c1-10-7-14(5-6-16(10)17)18-11(2)15-9-12-3-4-13(15)8-12/h3-7,11-13,15,18H,8-9H2,1-2H3. The maximum absolute atomic E-state index is 3.68. The lowest BCUT2D eigenvalue weighted by atomic mass is 9.87.